The van der Waals surface area contributed by atoms with Crippen LogP contribution in [0.4, 0.5) is 16.2 Å². The first-order chi connectivity index (χ1) is 11.6. The van der Waals surface area contributed by atoms with E-state index in [1.807, 2.05) is 53.4 Å². The fraction of sp³-hybridized carbons (Fsp3) is 0.0526. The van der Waals surface area contributed by atoms with Gasteiger partial charge in [0.15, 0.2) is 5.78 Å². The van der Waals surface area contributed by atoms with Crippen LogP contribution in [0.5, 0.6) is 0 Å². The highest BCUT2D eigenvalue weighted by molar-refractivity contribution is 6.00. The molecule has 120 valence electrons. The SMILES string of the molecule is CC(=O)c1ccc(NC(=O)Nc2ccc(-n3cccc3)cc2)cc1. The number of aromatic nitrogens is 1. The zero-order chi connectivity index (χ0) is 16.9. The predicted octanol–water partition coefficient (Wildman–Crippen LogP) is 4.32. The molecule has 1 heterocycles. The van der Waals surface area contributed by atoms with Crippen LogP contribution in [0.2, 0.25) is 0 Å². The number of benzene rings is 2. The quantitative estimate of drug-likeness (QED) is 0.703. The maximum Gasteiger partial charge on any atom is 0.323 e. The van der Waals surface area contributed by atoms with Crippen molar-refractivity contribution in [2.24, 2.45) is 0 Å². The third-order valence-electron chi connectivity index (χ3n) is 3.58. The first-order valence-electron chi connectivity index (χ1n) is 7.54. The van der Waals surface area contributed by atoms with Crippen molar-refractivity contribution in [3.8, 4) is 5.69 Å². The van der Waals surface area contributed by atoms with Gasteiger partial charge in [0, 0.05) is 35.0 Å². The Morgan fingerprint density at radius 2 is 1.29 bits per heavy atom. The van der Waals surface area contributed by atoms with Gasteiger partial charge in [0.2, 0.25) is 0 Å². The molecular weight excluding hydrogens is 302 g/mol. The number of ketones is 1. The summed E-state index contributed by atoms with van der Waals surface area (Å²) in [6.45, 7) is 1.51. The van der Waals surface area contributed by atoms with Gasteiger partial charge >= 0.3 is 6.03 Å². The van der Waals surface area contributed by atoms with Crippen molar-refractivity contribution >= 4 is 23.2 Å². The molecule has 24 heavy (non-hydrogen) atoms. The van der Waals surface area contributed by atoms with Crippen LogP contribution in [-0.4, -0.2) is 16.4 Å². The molecule has 0 spiro atoms. The van der Waals surface area contributed by atoms with Gasteiger partial charge < -0.3 is 15.2 Å². The van der Waals surface area contributed by atoms with Crippen molar-refractivity contribution in [3.05, 3.63) is 78.6 Å². The Labute approximate surface area is 139 Å². The molecular formula is C19H17N3O2. The molecule has 5 heteroatoms. The number of urea groups is 1. The van der Waals surface area contributed by atoms with Crippen LogP contribution in [0.3, 0.4) is 0 Å². The molecule has 0 aliphatic heterocycles. The van der Waals surface area contributed by atoms with Gasteiger partial charge in [-0.3, -0.25) is 4.79 Å². The fourth-order valence-electron chi connectivity index (χ4n) is 2.31. The van der Waals surface area contributed by atoms with E-state index in [2.05, 4.69) is 10.6 Å². The number of carbonyl (C=O) groups excluding carboxylic acids is 2. The number of amides is 2. The Bertz CT molecular complexity index is 835. The molecule has 5 nitrogen and oxygen atoms in total. The van der Waals surface area contributed by atoms with Gasteiger partial charge in [-0.05, 0) is 67.6 Å². The van der Waals surface area contributed by atoms with Gasteiger partial charge in [-0.2, -0.15) is 0 Å². The normalized spacial score (nSPS) is 10.2. The van der Waals surface area contributed by atoms with Crippen molar-refractivity contribution in [2.75, 3.05) is 10.6 Å². The number of hydrogen-bond donors (Lipinski definition) is 2. The summed E-state index contributed by atoms with van der Waals surface area (Å²) in [5.41, 5.74) is 2.96. The summed E-state index contributed by atoms with van der Waals surface area (Å²) in [7, 11) is 0. The largest absolute Gasteiger partial charge is 0.324 e. The molecule has 1 aromatic heterocycles. The maximum absolute atomic E-state index is 12.0. The molecule has 2 aromatic carbocycles. The topological polar surface area (TPSA) is 63.1 Å². The summed E-state index contributed by atoms with van der Waals surface area (Å²) in [6.07, 6.45) is 3.92. The standard InChI is InChI=1S/C19H17N3O2/c1-14(23)15-4-6-16(7-5-15)20-19(24)21-17-8-10-18(11-9-17)22-12-2-3-13-22/h2-13H,1H3,(H2,20,21,24). The van der Waals surface area contributed by atoms with Crippen molar-refractivity contribution < 1.29 is 9.59 Å². The zero-order valence-electron chi connectivity index (χ0n) is 13.2. The Kier molecular flexibility index (Phi) is 4.43. The lowest BCUT2D eigenvalue weighted by Gasteiger charge is -2.09. The second kappa shape index (κ2) is 6.83. The smallest absolute Gasteiger partial charge is 0.323 e. The Morgan fingerprint density at radius 3 is 1.79 bits per heavy atom. The molecule has 0 radical (unpaired) electrons. The first-order valence-corrected chi connectivity index (χ1v) is 7.54. The molecule has 0 bridgehead atoms. The van der Waals surface area contributed by atoms with E-state index in [-0.39, 0.29) is 11.8 Å². The van der Waals surface area contributed by atoms with E-state index in [0.29, 0.717) is 16.9 Å². The Hall–Kier alpha value is -3.34. The third-order valence-corrected chi connectivity index (χ3v) is 3.58. The average Bonchev–Trinajstić information content (AvgIpc) is 3.10. The molecule has 3 aromatic rings. The van der Waals surface area contributed by atoms with Crippen molar-refractivity contribution in [2.45, 2.75) is 6.92 Å². The lowest BCUT2D eigenvalue weighted by Crippen LogP contribution is -2.19. The van der Waals surface area contributed by atoms with E-state index in [9.17, 15) is 9.59 Å². The minimum Gasteiger partial charge on any atom is -0.324 e. The van der Waals surface area contributed by atoms with E-state index in [4.69, 9.17) is 0 Å². The van der Waals surface area contributed by atoms with E-state index >= 15 is 0 Å². The molecule has 0 atom stereocenters. The summed E-state index contributed by atoms with van der Waals surface area (Å²) in [5.74, 6) is -0.00576. The number of nitrogens with one attached hydrogen (secondary N) is 2. The molecule has 3 rings (SSSR count). The highest BCUT2D eigenvalue weighted by Crippen LogP contribution is 2.15. The minimum absolute atomic E-state index is 0.00576. The maximum atomic E-state index is 12.0. The summed E-state index contributed by atoms with van der Waals surface area (Å²) in [4.78, 5) is 23.3. The Balaban J connectivity index is 1.61. The van der Waals surface area contributed by atoms with Crippen molar-refractivity contribution in [1.29, 1.82) is 0 Å². The molecule has 2 amide bonds. The minimum atomic E-state index is -0.334. The monoisotopic (exact) mass is 319 g/mol. The van der Waals surface area contributed by atoms with Gasteiger partial charge in [-0.15, -0.1) is 0 Å². The van der Waals surface area contributed by atoms with Gasteiger partial charge in [0.1, 0.15) is 0 Å². The second-order valence-corrected chi connectivity index (χ2v) is 5.35. The van der Waals surface area contributed by atoms with Crippen LogP contribution >= 0.6 is 0 Å². The fourth-order valence-corrected chi connectivity index (χ4v) is 2.31. The van der Waals surface area contributed by atoms with Crippen LogP contribution < -0.4 is 10.6 Å². The van der Waals surface area contributed by atoms with Crippen molar-refractivity contribution in [3.63, 3.8) is 0 Å². The van der Waals surface area contributed by atoms with Gasteiger partial charge in [0.25, 0.3) is 0 Å². The third kappa shape index (κ3) is 3.70. The average molecular weight is 319 g/mol. The molecule has 0 saturated heterocycles. The number of rotatable bonds is 4. The van der Waals surface area contributed by atoms with E-state index in [0.717, 1.165) is 5.69 Å². The highest BCUT2D eigenvalue weighted by atomic mass is 16.2. The molecule has 0 aliphatic rings. The molecule has 0 saturated carbocycles. The molecule has 0 unspecified atom stereocenters. The number of hydrogen-bond acceptors (Lipinski definition) is 2. The number of anilines is 2. The van der Waals surface area contributed by atoms with E-state index in [1.54, 1.807) is 24.3 Å². The van der Waals surface area contributed by atoms with Crippen LogP contribution in [0.25, 0.3) is 5.69 Å². The van der Waals surface area contributed by atoms with Crippen LogP contribution in [0, 0.1) is 0 Å². The van der Waals surface area contributed by atoms with Crippen LogP contribution in [0.1, 0.15) is 17.3 Å². The summed E-state index contributed by atoms with van der Waals surface area (Å²) < 4.78 is 1.99. The highest BCUT2D eigenvalue weighted by Gasteiger charge is 2.04. The molecule has 2 N–H and O–H groups in total. The van der Waals surface area contributed by atoms with E-state index < -0.39 is 0 Å². The zero-order valence-corrected chi connectivity index (χ0v) is 13.2. The van der Waals surface area contributed by atoms with E-state index in [1.165, 1.54) is 6.92 Å². The predicted molar refractivity (Wildman–Crippen MR) is 94.9 cm³/mol. The summed E-state index contributed by atoms with van der Waals surface area (Å²) in [6, 6.07) is 17.9. The number of Topliss-reactive ketones (excluding diaryl/α,β-unsaturated/α-hetero) is 1. The molecule has 0 fully saturated rings. The first kappa shape index (κ1) is 15.6. The van der Waals surface area contributed by atoms with Gasteiger partial charge in [-0.1, -0.05) is 0 Å². The van der Waals surface area contributed by atoms with Crippen LogP contribution in [0.15, 0.2) is 73.1 Å². The van der Waals surface area contributed by atoms with Gasteiger partial charge in [-0.25, -0.2) is 4.79 Å². The van der Waals surface area contributed by atoms with Crippen LogP contribution in [-0.2, 0) is 0 Å². The van der Waals surface area contributed by atoms with Gasteiger partial charge in [0.05, 0.1) is 0 Å². The van der Waals surface area contributed by atoms with Crippen molar-refractivity contribution in [1.82, 2.24) is 4.57 Å². The number of carbonyl (C=O) groups is 2. The lowest BCUT2D eigenvalue weighted by molar-refractivity contribution is 0.101. The lowest BCUT2D eigenvalue weighted by atomic mass is 10.1. The summed E-state index contributed by atoms with van der Waals surface area (Å²) in [5, 5.41) is 5.51. The number of nitrogens with zero attached hydrogens (tertiary/aromatic N) is 1. The Morgan fingerprint density at radius 1 is 0.792 bits per heavy atom. The summed E-state index contributed by atoms with van der Waals surface area (Å²) >= 11 is 0. The second-order valence-electron chi connectivity index (χ2n) is 5.35. The molecule has 0 aliphatic carbocycles.